The number of nitrogens with one attached hydrogen (secondary N) is 1. The maximum absolute atomic E-state index is 12.3. The number of hydrogen-bond acceptors (Lipinski definition) is 3. The molecule has 2 rings (SSSR count). The molecular formula is C19H24N2O2. The highest BCUT2D eigenvalue weighted by molar-refractivity contribution is 5.82. The maximum Gasteiger partial charge on any atom is 0.241 e. The Bertz CT molecular complexity index is 638. The molecule has 1 unspecified atom stereocenters. The third kappa shape index (κ3) is 4.91. The number of carbonyl (C=O) groups excluding carboxylic acids is 1. The van der Waals surface area contributed by atoms with Gasteiger partial charge in [0.15, 0.2) is 0 Å². The Morgan fingerprint density at radius 2 is 1.78 bits per heavy atom. The zero-order valence-corrected chi connectivity index (χ0v) is 13.7. The molecule has 0 radical (unpaired) electrons. The van der Waals surface area contributed by atoms with Crippen molar-refractivity contribution in [3.05, 3.63) is 70.8 Å². The number of carbonyl (C=O) groups is 1. The lowest BCUT2D eigenvalue weighted by atomic mass is 10.0. The Balaban J connectivity index is 1.97. The predicted molar refractivity (Wildman–Crippen MR) is 91.7 cm³/mol. The fraction of sp³-hybridized carbons (Fsp3) is 0.316. The molecule has 0 aliphatic heterocycles. The summed E-state index contributed by atoms with van der Waals surface area (Å²) in [6, 6.07) is 15.0. The van der Waals surface area contributed by atoms with Gasteiger partial charge >= 0.3 is 0 Å². The molecular weight excluding hydrogens is 288 g/mol. The van der Waals surface area contributed by atoms with Crippen LogP contribution in [0.2, 0.25) is 0 Å². The topological polar surface area (TPSA) is 64.3 Å². The second kappa shape index (κ2) is 8.46. The Kier molecular flexibility index (Phi) is 6.32. The van der Waals surface area contributed by atoms with Crippen molar-refractivity contribution in [2.24, 2.45) is 5.73 Å². The van der Waals surface area contributed by atoms with E-state index in [1.54, 1.807) is 0 Å². The molecule has 122 valence electrons. The van der Waals surface area contributed by atoms with E-state index in [4.69, 9.17) is 10.5 Å². The quantitative estimate of drug-likeness (QED) is 0.826. The van der Waals surface area contributed by atoms with Gasteiger partial charge < -0.3 is 15.8 Å². The second-order valence-electron chi connectivity index (χ2n) is 5.51. The largest absolute Gasteiger partial charge is 0.377 e. The third-order valence-corrected chi connectivity index (χ3v) is 3.75. The minimum Gasteiger partial charge on any atom is -0.377 e. The fourth-order valence-electron chi connectivity index (χ4n) is 2.30. The van der Waals surface area contributed by atoms with Gasteiger partial charge in [-0.15, -0.1) is 0 Å². The van der Waals surface area contributed by atoms with E-state index in [-0.39, 0.29) is 5.91 Å². The molecule has 0 aliphatic carbocycles. The number of nitrogens with two attached hydrogens (primary N) is 1. The van der Waals surface area contributed by atoms with Gasteiger partial charge in [0.1, 0.15) is 6.04 Å². The zero-order valence-electron chi connectivity index (χ0n) is 13.7. The van der Waals surface area contributed by atoms with Crippen molar-refractivity contribution in [3.63, 3.8) is 0 Å². The van der Waals surface area contributed by atoms with Crippen LogP contribution in [0, 0.1) is 6.92 Å². The van der Waals surface area contributed by atoms with Gasteiger partial charge in [-0.1, -0.05) is 54.1 Å². The highest BCUT2D eigenvalue weighted by atomic mass is 16.5. The van der Waals surface area contributed by atoms with Crippen molar-refractivity contribution in [2.45, 2.75) is 33.0 Å². The molecule has 4 heteroatoms. The van der Waals surface area contributed by atoms with Crippen LogP contribution in [0.25, 0.3) is 0 Å². The molecule has 23 heavy (non-hydrogen) atoms. The molecule has 3 N–H and O–H groups in total. The van der Waals surface area contributed by atoms with Crippen molar-refractivity contribution in [1.82, 2.24) is 5.32 Å². The van der Waals surface area contributed by atoms with Crippen molar-refractivity contribution in [2.75, 3.05) is 6.61 Å². The average molecular weight is 312 g/mol. The van der Waals surface area contributed by atoms with Crippen LogP contribution >= 0.6 is 0 Å². The van der Waals surface area contributed by atoms with Crippen molar-refractivity contribution < 1.29 is 9.53 Å². The smallest absolute Gasteiger partial charge is 0.241 e. The standard InChI is InChI=1S/C19H24N2O2/c1-3-23-13-17-7-5-4-6-16(17)12-21-19(22)18(20)15-10-8-14(2)9-11-15/h4-11,18H,3,12-13,20H2,1-2H3,(H,21,22). The molecule has 4 nitrogen and oxygen atoms in total. The average Bonchev–Trinajstić information content (AvgIpc) is 2.58. The third-order valence-electron chi connectivity index (χ3n) is 3.75. The minimum absolute atomic E-state index is 0.180. The van der Waals surface area contributed by atoms with Crippen LogP contribution < -0.4 is 11.1 Å². The highest BCUT2D eigenvalue weighted by Gasteiger charge is 2.15. The van der Waals surface area contributed by atoms with E-state index in [9.17, 15) is 4.79 Å². The highest BCUT2D eigenvalue weighted by Crippen LogP contribution is 2.13. The van der Waals surface area contributed by atoms with Crippen LogP contribution in [0.15, 0.2) is 48.5 Å². The maximum atomic E-state index is 12.3. The zero-order chi connectivity index (χ0) is 16.7. The Morgan fingerprint density at radius 3 is 2.43 bits per heavy atom. The summed E-state index contributed by atoms with van der Waals surface area (Å²) in [6.07, 6.45) is 0. The van der Waals surface area contributed by atoms with Gasteiger partial charge in [0, 0.05) is 13.2 Å². The summed E-state index contributed by atoms with van der Waals surface area (Å²) in [5.41, 5.74) is 10.1. The van der Waals surface area contributed by atoms with Crippen LogP contribution in [0.1, 0.15) is 35.2 Å². The van der Waals surface area contributed by atoms with Gasteiger partial charge in [0.05, 0.1) is 6.61 Å². The molecule has 1 atom stereocenters. The SMILES string of the molecule is CCOCc1ccccc1CNC(=O)C(N)c1ccc(C)cc1. The Hall–Kier alpha value is -2.17. The molecule has 0 aromatic heterocycles. The van der Waals surface area contributed by atoms with Crippen LogP contribution in [0.4, 0.5) is 0 Å². The normalized spacial score (nSPS) is 12.0. The van der Waals surface area contributed by atoms with E-state index in [0.29, 0.717) is 19.8 Å². The summed E-state index contributed by atoms with van der Waals surface area (Å²) in [6.45, 7) is 5.63. The number of amides is 1. The van der Waals surface area contributed by atoms with Crippen molar-refractivity contribution >= 4 is 5.91 Å². The van der Waals surface area contributed by atoms with Crippen LogP contribution in [0.5, 0.6) is 0 Å². The minimum atomic E-state index is -0.658. The van der Waals surface area contributed by atoms with E-state index < -0.39 is 6.04 Å². The molecule has 0 aliphatic rings. The lowest BCUT2D eigenvalue weighted by Gasteiger charge is -2.14. The molecule has 2 aromatic rings. The first-order chi connectivity index (χ1) is 11.1. The number of aryl methyl sites for hydroxylation is 1. The van der Waals surface area contributed by atoms with Gasteiger partial charge in [-0.3, -0.25) is 4.79 Å². The lowest BCUT2D eigenvalue weighted by molar-refractivity contribution is -0.122. The molecule has 0 saturated carbocycles. The molecule has 0 heterocycles. The molecule has 2 aromatic carbocycles. The van der Waals surface area contributed by atoms with Crippen molar-refractivity contribution in [3.8, 4) is 0 Å². The first kappa shape index (κ1) is 17.2. The molecule has 1 amide bonds. The predicted octanol–water partition coefficient (Wildman–Crippen LogP) is 2.85. The summed E-state index contributed by atoms with van der Waals surface area (Å²) >= 11 is 0. The summed E-state index contributed by atoms with van der Waals surface area (Å²) in [7, 11) is 0. The van der Waals surface area contributed by atoms with Crippen LogP contribution in [0.3, 0.4) is 0 Å². The summed E-state index contributed by atoms with van der Waals surface area (Å²) in [4.78, 5) is 12.3. The molecule has 0 fully saturated rings. The number of benzene rings is 2. The number of hydrogen-bond donors (Lipinski definition) is 2. The van der Waals surface area contributed by atoms with E-state index in [2.05, 4.69) is 5.32 Å². The molecule has 0 bridgehead atoms. The summed E-state index contributed by atoms with van der Waals surface area (Å²) in [5.74, 6) is -0.180. The van der Waals surface area contributed by atoms with E-state index in [0.717, 1.165) is 22.3 Å². The number of rotatable bonds is 7. The van der Waals surface area contributed by atoms with Gasteiger partial charge in [-0.25, -0.2) is 0 Å². The monoisotopic (exact) mass is 312 g/mol. The van der Waals surface area contributed by atoms with E-state index in [1.165, 1.54) is 0 Å². The van der Waals surface area contributed by atoms with Crippen LogP contribution in [-0.2, 0) is 22.7 Å². The lowest BCUT2D eigenvalue weighted by Crippen LogP contribution is -2.33. The van der Waals surface area contributed by atoms with Gasteiger partial charge in [-0.05, 0) is 30.5 Å². The van der Waals surface area contributed by atoms with Crippen LogP contribution in [-0.4, -0.2) is 12.5 Å². The Morgan fingerprint density at radius 1 is 1.13 bits per heavy atom. The first-order valence-electron chi connectivity index (χ1n) is 7.86. The van der Waals surface area contributed by atoms with E-state index in [1.807, 2.05) is 62.4 Å². The van der Waals surface area contributed by atoms with E-state index >= 15 is 0 Å². The number of ether oxygens (including phenoxy) is 1. The molecule has 0 saturated heterocycles. The Labute approximate surface area is 137 Å². The van der Waals surface area contributed by atoms with Gasteiger partial charge in [-0.2, -0.15) is 0 Å². The summed E-state index contributed by atoms with van der Waals surface area (Å²) in [5, 5.41) is 2.91. The van der Waals surface area contributed by atoms with Gasteiger partial charge in [0.25, 0.3) is 0 Å². The summed E-state index contributed by atoms with van der Waals surface area (Å²) < 4.78 is 5.46. The second-order valence-corrected chi connectivity index (χ2v) is 5.51. The van der Waals surface area contributed by atoms with Gasteiger partial charge in [0.2, 0.25) is 5.91 Å². The van der Waals surface area contributed by atoms with Crippen molar-refractivity contribution in [1.29, 1.82) is 0 Å². The first-order valence-corrected chi connectivity index (χ1v) is 7.86. The fourth-order valence-corrected chi connectivity index (χ4v) is 2.30. The molecule has 0 spiro atoms.